The third-order valence-electron chi connectivity index (χ3n) is 2.94. The fraction of sp³-hybridized carbons (Fsp3) is 0.818. The largest absolute Gasteiger partial charge is 0.383 e. The van der Waals surface area contributed by atoms with Crippen LogP contribution in [-0.2, 0) is 14.3 Å². The first-order valence-corrected chi connectivity index (χ1v) is 5.85. The van der Waals surface area contributed by atoms with E-state index in [9.17, 15) is 9.59 Å². The molecule has 2 atom stereocenters. The van der Waals surface area contributed by atoms with Gasteiger partial charge in [0.2, 0.25) is 11.8 Å². The third-order valence-corrected chi connectivity index (χ3v) is 2.94. The van der Waals surface area contributed by atoms with Crippen molar-refractivity contribution in [2.24, 2.45) is 5.73 Å². The molecule has 0 aromatic carbocycles. The molecule has 1 rings (SSSR count). The fourth-order valence-corrected chi connectivity index (χ4v) is 1.95. The molecule has 1 fully saturated rings. The van der Waals surface area contributed by atoms with E-state index in [2.05, 4.69) is 5.32 Å². The fourth-order valence-electron chi connectivity index (χ4n) is 1.95. The molecular weight excluding hydrogens is 222 g/mol. The number of nitrogens with zero attached hydrogens (tertiary/aromatic N) is 1. The van der Waals surface area contributed by atoms with Crippen molar-refractivity contribution in [2.75, 3.05) is 27.3 Å². The number of hydrogen-bond acceptors (Lipinski definition) is 5. The van der Waals surface area contributed by atoms with Crippen molar-refractivity contribution in [1.82, 2.24) is 10.2 Å². The van der Waals surface area contributed by atoms with E-state index in [0.717, 1.165) is 12.8 Å². The second kappa shape index (κ2) is 6.68. The van der Waals surface area contributed by atoms with Crippen molar-refractivity contribution in [3.05, 3.63) is 0 Å². The zero-order valence-corrected chi connectivity index (χ0v) is 10.4. The molecule has 1 heterocycles. The number of carbonyl (C=O) groups is 2. The number of nitrogens with two attached hydrogens (primary N) is 1. The summed E-state index contributed by atoms with van der Waals surface area (Å²) in [5.41, 5.74) is 5.45. The summed E-state index contributed by atoms with van der Waals surface area (Å²) in [6, 6.07) is -0.345. The number of ether oxygens (including phenoxy) is 1. The molecule has 0 aromatic heterocycles. The summed E-state index contributed by atoms with van der Waals surface area (Å²) in [4.78, 5) is 24.2. The van der Waals surface area contributed by atoms with Gasteiger partial charge in [0, 0.05) is 20.2 Å². The third kappa shape index (κ3) is 3.76. The highest BCUT2D eigenvalue weighted by Crippen LogP contribution is 2.12. The molecule has 0 spiro atoms. The molecule has 0 radical (unpaired) electrons. The molecular formula is C11H21N3O3. The molecule has 1 aliphatic rings. The summed E-state index contributed by atoms with van der Waals surface area (Å²) < 4.78 is 5.09. The minimum atomic E-state index is -0.412. The highest BCUT2D eigenvalue weighted by Gasteiger charge is 2.36. The Bertz CT molecular complexity index is 283. The van der Waals surface area contributed by atoms with Crippen LogP contribution in [0.2, 0.25) is 0 Å². The Hall–Kier alpha value is -0.980. The predicted octanol–water partition coefficient (Wildman–Crippen LogP) is -0.913. The lowest BCUT2D eigenvalue weighted by Gasteiger charge is -2.20. The SMILES string of the molecule is COCC(CCCN)NC1CC(=O)N(C)C1=O. The monoisotopic (exact) mass is 243 g/mol. The van der Waals surface area contributed by atoms with E-state index in [-0.39, 0.29) is 24.3 Å². The van der Waals surface area contributed by atoms with Crippen molar-refractivity contribution in [1.29, 1.82) is 0 Å². The molecule has 1 aliphatic heterocycles. The average Bonchev–Trinajstić information content (AvgIpc) is 2.54. The average molecular weight is 243 g/mol. The van der Waals surface area contributed by atoms with Crippen LogP contribution in [0.5, 0.6) is 0 Å². The topological polar surface area (TPSA) is 84.7 Å². The van der Waals surface area contributed by atoms with Crippen molar-refractivity contribution >= 4 is 11.8 Å². The van der Waals surface area contributed by atoms with Crippen LogP contribution < -0.4 is 11.1 Å². The molecule has 98 valence electrons. The molecule has 17 heavy (non-hydrogen) atoms. The van der Waals surface area contributed by atoms with Crippen molar-refractivity contribution in [3.8, 4) is 0 Å². The molecule has 1 saturated heterocycles. The summed E-state index contributed by atoms with van der Waals surface area (Å²) >= 11 is 0. The Morgan fingerprint density at radius 1 is 1.59 bits per heavy atom. The van der Waals surface area contributed by atoms with Gasteiger partial charge in [0.1, 0.15) is 0 Å². The highest BCUT2D eigenvalue weighted by molar-refractivity contribution is 6.05. The van der Waals surface area contributed by atoms with Gasteiger partial charge in [-0.25, -0.2) is 0 Å². The summed E-state index contributed by atoms with van der Waals surface area (Å²) in [6.45, 7) is 1.13. The zero-order chi connectivity index (χ0) is 12.8. The number of amides is 2. The predicted molar refractivity (Wildman–Crippen MR) is 63.3 cm³/mol. The Morgan fingerprint density at radius 3 is 2.76 bits per heavy atom. The molecule has 2 unspecified atom stereocenters. The first kappa shape index (κ1) is 14.1. The van der Waals surface area contributed by atoms with E-state index in [4.69, 9.17) is 10.5 Å². The molecule has 6 nitrogen and oxygen atoms in total. The van der Waals surface area contributed by atoms with Crippen molar-refractivity contribution < 1.29 is 14.3 Å². The maximum absolute atomic E-state index is 11.7. The molecule has 3 N–H and O–H groups in total. The molecule has 6 heteroatoms. The van der Waals surface area contributed by atoms with E-state index in [1.165, 1.54) is 11.9 Å². The van der Waals surface area contributed by atoms with Gasteiger partial charge in [-0.1, -0.05) is 0 Å². The van der Waals surface area contributed by atoms with Crippen LogP contribution in [0.25, 0.3) is 0 Å². The van der Waals surface area contributed by atoms with Crippen molar-refractivity contribution in [2.45, 2.75) is 31.3 Å². The van der Waals surface area contributed by atoms with Gasteiger partial charge >= 0.3 is 0 Å². The molecule has 0 bridgehead atoms. The molecule has 0 saturated carbocycles. The number of carbonyl (C=O) groups excluding carboxylic acids is 2. The van der Waals surface area contributed by atoms with E-state index in [1.54, 1.807) is 7.11 Å². The number of likely N-dealkylation sites (N-methyl/N-ethyl adjacent to an activating group) is 1. The number of rotatable bonds is 7. The second-order valence-electron chi connectivity index (χ2n) is 4.30. The van der Waals surface area contributed by atoms with Crippen LogP contribution in [0.15, 0.2) is 0 Å². The van der Waals surface area contributed by atoms with Gasteiger partial charge in [-0.2, -0.15) is 0 Å². The van der Waals surface area contributed by atoms with Crippen LogP contribution in [0.4, 0.5) is 0 Å². The Kier molecular flexibility index (Phi) is 5.54. The summed E-state index contributed by atoms with van der Waals surface area (Å²) in [6.07, 6.45) is 1.94. The van der Waals surface area contributed by atoms with Gasteiger partial charge in [-0.05, 0) is 19.4 Å². The summed E-state index contributed by atoms with van der Waals surface area (Å²) in [7, 11) is 3.13. The van der Waals surface area contributed by atoms with Crippen LogP contribution in [0.3, 0.4) is 0 Å². The Balaban J connectivity index is 2.49. The van der Waals surface area contributed by atoms with Gasteiger partial charge in [-0.15, -0.1) is 0 Å². The second-order valence-corrected chi connectivity index (χ2v) is 4.30. The number of imide groups is 1. The number of methoxy groups -OCH3 is 1. The van der Waals surface area contributed by atoms with Gasteiger partial charge in [0.05, 0.1) is 19.1 Å². The van der Waals surface area contributed by atoms with Crippen LogP contribution >= 0.6 is 0 Å². The lowest BCUT2D eigenvalue weighted by molar-refractivity contribution is -0.137. The maximum atomic E-state index is 11.7. The minimum absolute atomic E-state index is 0.0665. The quantitative estimate of drug-likeness (QED) is 0.565. The minimum Gasteiger partial charge on any atom is -0.383 e. The van der Waals surface area contributed by atoms with E-state index >= 15 is 0 Å². The van der Waals surface area contributed by atoms with Crippen LogP contribution in [-0.4, -0.2) is 56.1 Å². The first-order valence-electron chi connectivity index (χ1n) is 5.85. The summed E-state index contributed by atoms with van der Waals surface area (Å²) in [5, 5.41) is 3.17. The van der Waals surface area contributed by atoms with E-state index in [0.29, 0.717) is 13.2 Å². The summed E-state index contributed by atoms with van der Waals surface area (Å²) in [5.74, 6) is -0.300. The number of likely N-dealkylation sites (tertiary alicyclic amines) is 1. The Morgan fingerprint density at radius 2 is 2.29 bits per heavy atom. The van der Waals surface area contributed by atoms with Crippen LogP contribution in [0.1, 0.15) is 19.3 Å². The number of hydrogen-bond donors (Lipinski definition) is 2. The standard InChI is InChI=1S/C11H21N3O3/c1-14-10(15)6-9(11(14)16)13-8(7-17-2)4-3-5-12/h8-9,13H,3-7,12H2,1-2H3. The smallest absolute Gasteiger partial charge is 0.246 e. The first-order chi connectivity index (χ1) is 8.10. The van der Waals surface area contributed by atoms with Gasteiger partial charge < -0.3 is 15.8 Å². The molecule has 0 aliphatic carbocycles. The lowest BCUT2D eigenvalue weighted by atomic mass is 10.1. The molecule has 0 aromatic rings. The normalized spacial score (nSPS) is 22.3. The lowest BCUT2D eigenvalue weighted by Crippen LogP contribution is -2.45. The highest BCUT2D eigenvalue weighted by atomic mass is 16.5. The Labute approximate surface area is 101 Å². The van der Waals surface area contributed by atoms with E-state index in [1.807, 2.05) is 0 Å². The molecule has 2 amide bonds. The van der Waals surface area contributed by atoms with Gasteiger partial charge in [-0.3, -0.25) is 14.5 Å². The van der Waals surface area contributed by atoms with Crippen LogP contribution in [0, 0.1) is 0 Å². The van der Waals surface area contributed by atoms with E-state index < -0.39 is 6.04 Å². The van der Waals surface area contributed by atoms with Crippen molar-refractivity contribution in [3.63, 3.8) is 0 Å². The van der Waals surface area contributed by atoms with Gasteiger partial charge in [0.25, 0.3) is 0 Å². The number of nitrogens with one attached hydrogen (secondary N) is 1. The van der Waals surface area contributed by atoms with Gasteiger partial charge in [0.15, 0.2) is 0 Å². The maximum Gasteiger partial charge on any atom is 0.246 e. The zero-order valence-electron chi connectivity index (χ0n) is 10.4.